The van der Waals surface area contributed by atoms with Gasteiger partial charge in [0.1, 0.15) is 5.82 Å². The zero-order valence-corrected chi connectivity index (χ0v) is 11.9. The van der Waals surface area contributed by atoms with Crippen molar-refractivity contribution in [3.63, 3.8) is 0 Å². The Kier molecular flexibility index (Phi) is 5.23. The predicted octanol–water partition coefficient (Wildman–Crippen LogP) is 4.54. The topological polar surface area (TPSA) is 12.0 Å². The average Bonchev–Trinajstić information content (AvgIpc) is 2.86. The van der Waals surface area contributed by atoms with Crippen LogP contribution in [0.2, 0.25) is 0 Å². The Bertz CT molecular complexity index is 483. The van der Waals surface area contributed by atoms with Crippen LogP contribution in [0.25, 0.3) is 0 Å². The molecular weight excluding hydrogens is 265 g/mol. The summed E-state index contributed by atoms with van der Waals surface area (Å²) in [7, 11) is 0. The molecule has 2 rings (SSSR count). The molecule has 0 saturated carbocycles. The summed E-state index contributed by atoms with van der Waals surface area (Å²) in [5, 5.41) is 5.33. The molecule has 1 nitrogen and oxygen atoms in total. The molecule has 0 spiro atoms. The number of nitrogens with one attached hydrogen (secondary N) is 1. The second kappa shape index (κ2) is 6.92. The summed E-state index contributed by atoms with van der Waals surface area (Å²) in [5.74, 6) is -0.135. The highest BCUT2D eigenvalue weighted by Crippen LogP contribution is 2.35. The molecule has 0 radical (unpaired) electrons. The molecule has 0 amide bonds. The molecule has 0 aliphatic heterocycles. The zero-order valence-electron chi connectivity index (χ0n) is 10.3. The van der Waals surface area contributed by atoms with Crippen LogP contribution in [0.5, 0.6) is 0 Å². The van der Waals surface area contributed by atoms with Crippen molar-refractivity contribution in [3.05, 3.63) is 47.1 Å². The van der Waals surface area contributed by atoms with Gasteiger partial charge < -0.3 is 5.32 Å². The molecule has 1 N–H and O–H groups in total. The smallest absolute Gasteiger partial charge is 0.137 e. The summed E-state index contributed by atoms with van der Waals surface area (Å²) in [6.07, 6.45) is 1.09. The summed E-state index contributed by atoms with van der Waals surface area (Å²) >= 11 is 3.15. The lowest BCUT2D eigenvalue weighted by Gasteiger charge is -2.10. The van der Waals surface area contributed by atoms with Gasteiger partial charge in [0.05, 0.1) is 9.10 Å². The van der Waals surface area contributed by atoms with E-state index in [1.54, 1.807) is 17.4 Å². The SMILES string of the molecule is CCCNCc1cccc(F)c1Sc1cccs1. The number of halogens is 1. The molecule has 0 saturated heterocycles. The van der Waals surface area contributed by atoms with E-state index in [1.807, 2.05) is 23.6 Å². The van der Waals surface area contributed by atoms with Crippen molar-refractivity contribution in [1.29, 1.82) is 0 Å². The van der Waals surface area contributed by atoms with E-state index in [2.05, 4.69) is 12.2 Å². The number of thiophene rings is 1. The number of rotatable bonds is 6. The van der Waals surface area contributed by atoms with Crippen molar-refractivity contribution in [2.75, 3.05) is 6.54 Å². The van der Waals surface area contributed by atoms with Crippen LogP contribution in [0.3, 0.4) is 0 Å². The molecular formula is C14H16FNS2. The summed E-state index contributed by atoms with van der Waals surface area (Å²) in [6.45, 7) is 3.80. The maximum Gasteiger partial charge on any atom is 0.137 e. The monoisotopic (exact) mass is 281 g/mol. The van der Waals surface area contributed by atoms with Crippen LogP contribution in [-0.4, -0.2) is 6.54 Å². The van der Waals surface area contributed by atoms with E-state index < -0.39 is 0 Å². The molecule has 0 aliphatic carbocycles. The van der Waals surface area contributed by atoms with E-state index in [4.69, 9.17) is 0 Å². The Morgan fingerprint density at radius 1 is 1.28 bits per heavy atom. The van der Waals surface area contributed by atoms with E-state index in [1.165, 1.54) is 17.8 Å². The number of hydrogen-bond acceptors (Lipinski definition) is 3. The van der Waals surface area contributed by atoms with Gasteiger partial charge >= 0.3 is 0 Å². The van der Waals surface area contributed by atoms with Gasteiger partial charge in [0, 0.05) is 6.54 Å². The van der Waals surface area contributed by atoms with Crippen LogP contribution >= 0.6 is 23.1 Å². The molecule has 1 heterocycles. The molecule has 2 aromatic rings. The van der Waals surface area contributed by atoms with E-state index in [9.17, 15) is 4.39 Å². The summed E-state index contributed by atoms with van der Waals surface area (Å²) in [4.78, 5) is 0.739. The minimum Gasteiger partial charge on any atom is -0.313 e. The van der Waals surface area contributed by atoms with E-state index in [0.717, 1.165) is 34.2 Å². The third-order valence-corrected chi connectivity index (χ3v) is 4.69. The molecule has 1 aromatic heterocycles. The first-order valence-corrected chi connectivity index (χ1v) is 7.70. The molecule has 96 valence electrons. The summed E-state index contributed by atoms with van der Waals surface area (Å²) in [6, 6.07) is 9.30. The van der Waals surface area contributed by atoms with Gasteiger partial charge in [-0.05, 0) is 36.0 Å². The van der Waals surface area contributed by atoms with Gasteiger partial charge in [-0.2, -0.15) is 0 Å². The second-order valence-electron chi connectivity index (χ2n) is 3.94. The van der Waals surface area contributed by atoms with Crippen LogP contribution in [0.15, 0.2) is 44.8 Å². The lowest BCUT2D eigenvalue weighted by molar-refractivity contribution is 0.589. The van der Waals surface area contributed by atoms with Gasteiger partial charge in [-0.25, -0.2) is 4.39 Å². The lowest BCUT2D eigenvalue weighted by Crippen LogP contribution is -2.14. The minimum absolute atomic E-state index is 0.135. The van der Waals surface area contributed by atoms with Crippen LogP contribution in [-0.2, 0) is 6.54 Å². The fourth-order valence-electron chi connectivity index (χ4n) is 1.63. The average molecular weight is 281 g/mol. The standard InChI is InChI=1S/C14H16FNS2/c1-2-8-16-10-11-5-3-6-12(15)14(11)18-13-7-4-9-17-13/h3-7,9,16H,2,8,10H2,1H3. The minimum atomic E-state index is -0.135. The Labute approximate surface area is 115 Å². The van der Waals surface area contributed by atoms with Crippen molar-refractivity contribution in [1.82, 2.24) is 5.32 Å². The molecule has 18 heavy (non-hydrogen) atoms. The first kappa shape index (κ1) is 13.6. The number of hydrogen-bond donors (Lipinski definition) is 1. The van der Waals surface area contributed by atoms with Crippen LogP contribution in [0, 0.1) is 5.82 Å². The largest absolute Gasteiger partial charge is 0.313 e. The van der Waals surface area contributed by atoms with Gasteiger partial charge in [-0.1, -0.05) is 36.9 Å². The highest BCUT2D eigenvalue weighted by molar-refractivity contribution is 8.01. The fourth-order valence-corrected chi connectivity index (χ4v) is 3.47. The molecule has 0 atom stereocenters. The maximum atomic E-state index is 13.9. The molecule has 1 aromatic carbocycles. The number of benzene rings is 1. The van der Waals surface area contributed by atoms with Gasteiger partial charge in [0.2, 0.25) is 0 Å². The van der Waals surface area contributed by atoms with Crippen molar-refractivity contribution in [2.45, 2.75) is 29.0 Å². The highest BCUT2D eigenvalue weighted by Gasteiger charge is 2.10. The highest BCUT2D eigenvalue weighted by atomic mass is 32.2. The van der Waals surface area contributed by atoms with Gasteiger partial charge in [-0.3, -0.25) is 0 Å². The zero-order chi connectivity index (χ0) is 12.8. The second-order valence-corrected chi connectivity index (χ2v) is 6.20. The molecule has 0 unspecified atom stereocenters. The predicted molar refractivity (Wildman–Crippen MR) is 76.8 cm³/mol. The van der Waals surface area contributed by atoms with Crippen molar-refractivity contribution in [2.24, 2.45) is 0 Å². The maximum absolute atomic E-state index is 13.9. The molecule has 0 fully saturated rings. The third-order valence-electron chi connectivity index (χ3n) is 2.49. The first-order chi connectivity index (χ1) is 8.81. The Morgan fingerprint density at radius 3 is 2.89 bits per heavy atom. The Hall–Kier alpha value is -0.840. The lowest BCUT2D eigenvalue weighted by atomic mass is 10.2. The van der Waals surface area contributed by atoms with Gasteiger partial charge in [-0.15, -0.1) is 11.3 Å². The Morgan fingerprint density at radius 2 is 2.17 bits per heavy atom. The van der Waals surface area contributed by atoms with E-state index in [-0.39, 0.29) is 5.82 Å². The summed E-state index contributed by atoms with van der Waals surface area (Å²) < 4.78 is 15.0. The quantitative estimate of drug-likeness (QED) is 0.780. The van der Waals surface area contributed by atoms with Crippen LogP contribution in [0.4, 0.5) is 4.39 Å². The van der Waals surface area contributed by atoms with Crippen molar-refractivity contribution >= 4 is 23.1 Å². The molecule has 0 bridgehead atoms. The molecule has 0 aliphatic rings. The first-order valence-electron chi connectivity index (χ1n) is 6.00. The van der Waals surface area contributed by atoms with E-state index >= 15 is 0 Å². The molecule has 4 heteroatoms. The third kappa shape index (κ3) is 3.57. The van der Waals surface area contributed by atoms with Gasteiger partial charge in [0.15, 0.2) is 0 Å². The fraction of sp³-hybridized carbons (Fsp3) is 0.286. The summed E-state index contributed by atoms with van der Waals surface area (Å²) in [5.41, 5.74) is 1.03. The van der Waals surface area contributed by atoms with Gasteiger partial charge in [0.25, 0.3) is 0 Å². The Balaban J connectivity index is 2.15. The normalized spacial score (nSPS) is 10.8. The van der Waals surface area contributed by atoms with Crippen molar-refractivity contribution < 1.29 is 4.39 Å². The van der Waals surface area contributed by atoms with Crippen LogP contribution < -0.4 is 5.32 Å². The van der Waals surface area contributed by atoms with Crippen molar-refractivity contribution in [3.8, 4) is 0 Å². The van der Waals surface area contributed by atoms with Crippen LogP contribution in [0.1, 0.15) is 18.9 Å². The van der Waals surface area contributed by atoms with E-state index in [0.29, 0.717) is 0 Å².